The number of hydrogen-bond acceptors (Lipinski definition) is 5. The first-order chi connectivity index (χ1) is 17.8. The summed E-state index contributed by atoms with van der Waals surface area (Å²) in [6.45, 7) is 3.26. The minimum atomic E-state index is -1.15. The number of likely N-dealkylation sites (tertiary alicyclic amines) is 2. The van der Waals surface area contributed by atoms with Gasteiger partial charge in [0.25, 0.3) is 0 Å². The summed E-state index contributed by atoms with van der Waals surface area (Å²) in [5.74, 6) is -0.393. The Morgan fingerprint density at radius 3 is 2.62 bits per heavy atom. The maximum Gasteiger partial charge on any atom is 0.187 e. The van der Waals surface area contributed by atoms with Crippen LogP contribution < -0.4 is 0 Å². The number of β-amino-alcohol motifs (C(OH)–C–C–N with tert-alkyl or cyclic N) is 1. The van der Waals surface area contributed by atoms with Gasteiger partial charge in [-0.05, 0) is 74.5 Å². The maximum atomic E-state index is 13.5. The zero-order chi connectivity index (χ0) is 26.0. The van der Waals surface area contributed by atoms with E-state index in [-0.39, 0.29) is 16.4 Å². The lowest BCUT2D eigenvalue weighted by atomic mass is 9.84. The van der Waals surface area contributed by atoms with Crippen LogP contribution in [0.2, 0.25) is 5.02 Å². The van der Waals surface area contributed by atoms with E-state index in [1.165, 1.54) is 28.6 Å². The molecule has 1 aromatic heterocycles. The molecular formula is C29H33ClFN3O3. The SMILES string of the molecule is O=C(C=CN1CCC(O)(C(O)CN2CCC(c3c[nH]c4ccccc34)CC2)CC1)c1cc(F)cc(Cl)c1. The molecule has 1 atom stereocenters. The fraction of sp³-hybridized carbons (Fsp3) is 0.414. The Bertz CT molecular complexity index is 1260. The number of fused-ring (bicyclic) bond motifs is 1. The van der Waals surface area contributed by atoms with Gasteiger partial charge in [-0.3, -0.25) is 4.79 Å². The van der Waals surface area contributed by atoms with E-state index in [9.17, 15) is 19.4 Å². The Morgan fingerprint density at radius 2 is 1.89 bits per heavy atom. The van der Waals surface area contributed by atoms with Crippen LogP contribution in [0.3, 0.4) is 0 Å². The molecule has 0 radical (unpaired) electrons. The van der Waals surface area contributed by atoms with Crippen LogP contribution in [0.15, 0.2) is 60.9 Å². The standard InChI is InChI=1S/C29H33ClFN3O3/c30-22-15-21(16-23(31)17-22)27(35)7-12-33-13-8-29(37,9-14-33)28(36)19-34-10-5-20(6-11-34)25-18-32-26-4-2-1-3-24(25)26/h1-4,7,12,15-18,20,28,32,36-37H,5-6,8-11,13-14,19H2. The van der Waals surface area contributed by atoms with Crippen molar-refractivity contribution in [3.63, 3.8) is 0 Å². The van der Waals surface area contributed by atoms with Crippen LogP contribution >= 0.6 is 11.6 Å². The first-order valence-electron chi connectivity index (χ1n) is 12.9. The summed E-state index contributed by atoms with van der Waals surface area (Å²) in [7, 11) is 0. The van der Waals surface area contributed by atoms with Crippen molar-refractivity contribution in [3.05, 3.63) is 82.9 Å². The van der Waals surface area contributed by atoms with E-state index < -0.39 is 17.5 Å². The number of aliphatic hydroxyl groups is 2. The van der Waals surface area contributed by atoms with Crippen molar-refractivity contribution in [2.75, 3.05) is 32.7 Å². The Kier molecular flexibility index (Phi) is 7.67. The number of nitrogens with one attached hydrogen (secondary N) is 1. The van der Waals surface area contributed by atoms with Crippen LogP contribution in [0.1, 0.15) is 47.5 Å². The molecule has 0 spiro atoms. The highest BCUT2D eigenvalue weighted by atomic mass is 35.5. The van der Waals surface area contributed by atoms with Gasteiger partial charge in [0.2, 0.25) is 0 Å². The molecule has 0 saturated carbocycles. The van der Waals surface area contributed by atoms with Crippen molar-refractivity contribution in [3.8, 4) is 0 Å². The van der Waals surface area contributed by atoms with Crippen LogP contribution in [-0.4, -0.2) is 75.2 Å². The van der Waals surface area contributed by atoms with Crippen molar-refractivity contribution in [1.82, 2.24) is 14.8 Å². The number of nitrogens with zero attached hydrogens (tertiary/aromatic N) is 2. The molecule has 3 heterocycles. The third kappa shape index (κ3) is 5.91. The predicted octanol–water partition coefficient (Wildman–Crippen LogP) is 4.72. The number of para-hydroxylation sites is 1. The number of allylic oxidation sites excluding steroid dienone is 1. The van der Waals surface area contributed by atoms with E-state index in [0.717, 1.165) is 38.1 Å². The van der Waals surface area contributed by atoms with Crippen molar-refractivity contribution < 1.29 is 19.4 Å². The average molecular weight is 526 g/mol. The number of rotatable bonds is 7. The smallest absolute Gasteiger partial charge is 0.187 e. The van der Waals surface area contributed by atoms with Crippen LogP contribution in [0.25, 0.3) is 10.9 Å². The molecule has 0 amide bonds. The van der Waals surface area contributed by atoms with E-state index in [2.05, 4.69) is 34.3 Å². The molecule has 1 unspecified atom stereocenters. The first kappa shape index (κ1) is 25.9. The minimum absolute atomic E-state index is 0.177. The van der Waals surface area contributed by atoms with E-state index in [1.807, 2.05) is 11.0 Å². The van der Waals surface area contributed by atoms with Gasteiger partial charge < -0.3 is 25.0 Å². The second-order valence-electron chi connectivity index (χ2n) is 10.4. The van der Waals surface area contributed by atoms with E-state index in [0.29, 0.717) is 38.4 Å². The van der Waals surface area contributed by atoms with E-state index in [1.54, 1.807) is 6.20 Å². The van der Waals surface area contributed by atoms with Gasteiger partial charge in [-0.25, -0.2) is 4.39 Å². The number of carbonyl (C=O) groups is 1. The predicted molar refractivity (Wildman–Crippen MR) is 143 cm³/mol. The number of benzene rings is 2. The lowest BCUT2D eigenvalue weighted by molar-refractivity contribution is -0.114. The summed E-state index contributed by atoms with van der Waals surface area (Å²) in [5, 5.41) is 23.6. The summed E-state index contributed by atoms with van der Waals surface area (Å²) >= 11 is 5.84. The van der Waals surface area contributed by atoms with Gasteiger partial charge in [-0.2, -0.15) is 0 Å². The summed E-state index contributed by atoms with van der Waals surface area (Å²) < 4.78 is 13.5. The van der Waals surface area contributed by atoms with E-state index >= 15 is 0 Å². The number of ketones is 1. The Morgan fingerprint density at radius 1 is 1.16 bits per heavy atom. The first-order valence-corrected chi connectivity index (χ1v) is 13.3. The zero-order valence-corrected chi connectivity index (χ0v) is 21.5. The molecule has 5 rings (SSSR count). The molecule has 6 nitrogen and oxygen atoms in total. The fourth-order valence-corrected chi connectivity index (χ4v) is 5.85. The monoisotopic (exact) mass is 525 g/mol. The molecule has 196 valence electrons. The second kappa shape index (κ2) is 11.0. The number of aromatic amines is 1. The lowest BCUT2D eigenvalue weighted by Gasteiger charge is -2.43. The molecule has 8 heteroatoms. The van der Waals surface area contributed by atoms with Gasteiger partial charge >= 0.3 is 0 Å². The third-order valence-corrected chi connectivity index (χ3v) is 8.17. The van der Waals surface area contributed by atoms with Crippen LogP contribution in [-0.2, 0) is 0 Å². The summed E-state index contributed by atoms with van der Waals surface area (Å²) in [5.41, 5.74) is 1.58. The van der Waals surface area contributed by atoms with Crippen molar-refractivity contribution in [2.45, 2.75) is 43.3 Å². The molecule has 0 bridgehead atoms. The normalized spacial score (nSPS) is 20.1. The molecule has 2 aliphatic heterocycles. The molecular weight excluding hydrogens is 493 g/mol. The molecule has 2 saturated heterocycles. The van der Waals surface area contributed by atoms with Gasteiger partial charge in [-0.15, -0.1) is 0 Å². The molecule has 0 aliphatic carbocycles. The quantitative estimate of drug-likeness (QED) is 0.307. The summed E-state index contributed by atoms with van der Waals surface area (Å²) in [6.07, 6.45) is 7.22. The highest BCUT2D eigenvalue weighted by Crippen LogP contribution is 2.34. The summed E-state index contributed by atoms with van der Waals surface area (Å²) in [4.78, 5) is 19.9. The van der Waals surface area contributed by atoms with Crippen LogP contribution in [0, 0.1) is 5.82 Å². The number of halogens is 2. The van der Waals surface area contributed by atoms with Gasteiger partial charge in [-0.1, -0.05) is 29.8 Å². The van der Waals surface area contributed by atoms with Gasteiger partial charge in [0.1, 0.15) is 5.82 Å². The Balaban J connectivity index is 1.10. The van der Waals surface area contributed by atoms with Gasteiger partial charge in [0, 0.05) is 59.6 Å². The zero-order valence-electron chi connectivity index (χ0n) is 20.7. The largest absolute Gasteiger partial charge is 0.389 e. The fourth-order valence-electron chi connectivity index (χ4n) is 5.63. The number of carbonyl (C=O) groups excluding carboxylic acids is 1. The third-order valence-electron chi connectivity index (χ3n) is 7.95. The van der Waals surface area contributed by atoms with Crippen molar-refractivity contribution >= 4 is 28.3 Å². The molecule has 3 N–H and O–H groups in total. The Hall–Kier alpha value is -2.71. The van der Waals surface area contributed by atoms with Crippen LogP contribution in [0.4, 0.5) is 4.39 Å². The molecule has 2 aliphatic rings. The highest BCUT2D eigenvalue weighted by Gasteiger charge is 2.39. The minimum Gasteiger partial charge on any atom is -0.389 e. The number of hydrogen-bond donors (Lipinski definition) is 3. The molecule has 2 aromatic carbocycles. The summed E-state index contributed by atoms with van der Waals surface area (Å²) in [6, 6.07) is 12.1. The number of aliphatic hydroxyl groups excluding tert-OH is 1. The number of H-pyrrole nitrogens is 1. The second-order valence-corrected chi connectivity index (χ2v) is 10.8. The maximum absolute atomic E-state index is 13.5. The van der Waals surface area contributed by atoms with E-state index in [4.69, 9.17) is 11.6 Å². The number of piperidine rings is 2. The average Bonchev–Trinajstić information content (AvgIpc) is 3.32. The van der Waals surface area contributed by atoms with Crippen LogP contribution in [0.5, 0.6) is 0 Å². The van der Waals surface area contributed by atoms with Crippen molar-refractivity contribution in [2.24, 2.45) is 0 Å². The number of aromatic nitrogens is 1. The molecule has 37 heavy (non-hydrogen) atoms. The van der Waals surface area contributed by atoms with Gasteiger partial charge in [0.05, 0.1) is 11.7 Å². The topological polar surface area (TPSA) is 79.8 Å². The highest BCUT2D eigenvalue weighted by molar-refractivity contribution is 6.31. The molecule has 3 aromatic rings. The Labute approximate surface area is 221 Å². The van der Waals surface area contributed by atoms with Gasteiger partial charge in [0.15, 0.2) is 5.78 Å². The van der Waals surface area contributed by atoms with Crippen molar-refractivity contribution in [1.29, 1.82) is 0 Å². The lowest BCUT2D eigenvalue weighted by Crippen LogP contribution is -2.54. The molecule has 2 fully saturated rings.